The third-order valence-corrected chi connectivity index (χ3v) is 2.76. The van der Waals surface area contributed by atoms with Gasteiger partial charge in [-0.05, 0) is 19.3 Å². The van der Waals surface area contributed by atoms with E-state index in [1.54, 1.807) is 0 Å². The fourth-order valence-corrected chi connectivity index (χ4v) is 1.94. The van der Waals surface area contributed by atoms with Gasteiger partial charge in [0.25, 0.3) is 0 Å². The lowest BCUT2D eigenvalue weighted by Gasteiger charge is -2.27. The number of ketones is 1. The van der Waals surface area contributed by atoms with Crippen molar-refractivity contribution in [3.63, 3.8) is 0 Å². The standard InChI is InChI=1S/C10H13NO2/c1-6-5-7-8(11-10(6)13)3-2-4-9(7)12/h6H,2-5H2,1H3,(H,11,13). The molecule has 1 aliphatic heterocycles. The molecule has 13 heavy (non-hydrogen) atoms. The molecule has 0 saturated carbocycles. The van der Waals surface area contributed by atoms with Gasteiger partial charge in [-0.25, -0.2) is 0 Å². The maximum atomic E-state index is 11.5. The van der Waals surface area contributed by atoms with E-state index in [1.165, 1.54) is 0 Å². The van der Waals surface area contributed by atoms with Gasteiger partial charge in [-0.15, -0.1) is 0 Å². The number of carbonyl (C=O) groups excluding carboxylic acids is 2. The summed E-state index contributed by atoms with van der Waals surface area (Å²) in [6.45, 7) is 1.86. The van der Waals surface area contributed by atoms with Crippen LogP contribution in [0.1, 0.15) is 32.6 Å². The van der Waals surface area contributed by atoms with Gasteiger partial charge in [-0.3, -0.25) is 9.59 Å². The molecule has 0 spiro atoms. The molecule has 3 nitrogen and oxygen atoms in total. The monoisotopic (exact) mass is 179 g/mol. The maximum absolute atomic E-state index is 11.5. The topological polar surface area (TPSA) is 46.2 Å². The Kier molecular flexibility index (Phi) is 1.94. The number of nitrogens with one attached hydrogen (secondary N) is 1. The maximum Gasteiger partial charge on any atom is 0.227 e. The third kappa shape index (κ3) is 1.39. The van der Waals surface area contributed by atoms with Crippen molar-refractivity contribution in [2.24, 2.45) is 5.92 Å². The fourth-order valence-electron chi connectivity index (χ4n) is 1.94. The van der Waals surface area contributed by atoms with E-state index in [4.69, 9.17) is 0 Å². The predicted molar refractivity (Wildman–Crippen MR) is 47.8 cm³/mol. The number of hydrogen-bond donors (Lipinski definition) is 1. The van der Waals surface area contributed by atoms with Gasteiger partial charge in [0.2, 0.25) is 5.91 Å². The van der Waals surface area contributed by atoms with E-state index in [2.05, 4.69) is 5.32 Å². The van der Waals surface area contributed by atoms with Crippen molar-refractivity contribution in [1.82, 2.24) is 5.32 Å². The lowest BCUT2D eigenvalue weighted by atomic mass is 9.85. The van der Waals surface area contributed by atoms with Gasteiger partial charge in [-0.1, -0.05) is 6.92 Å². The van der Waals surface area contributed by atoms with E-state index < -0.39 is 0 Å². The number of hydrogen-bond acceptors (Lipinski definition) is 2. The van der Waals surface area contributed by atoms with Crippen LogP contribution in [0, 0.1) is 5.92 Å². The highest BCUT2D eigenvalue weighted by atomic mass is 16.2. The molecule has 1 atom stereocenters. The summed E-state index contributed by atoms with van der Waals surface area (Å²) in [5, 5.41) is 2.82. The molecule has 1 unspecified atom stereocenters. The van der Waals surface area contributed by atoms with Crippen molar-refractivity contribution in [2.75, 3.05) is 0 Å². The average molecular weight is 179 g/mol. The summed E-state index contributed by atoms with van der Waals surface area (Å²) in [6, 6.07) is 0. The predicted octanol–water partition coefficient (Wildman–Crippen LogP) is 1.15. The molecule has 1 N–H and O–H groups in total. The first kappa shape index (κ1) is 8.48. The van der Waals surface area contributed by atoms with Gasteiger partial charge in [0, 0.05) is 23.6 Å². The SMILES string of the molecule is CC1CC2=C(CCCC2=O)NC1=O. The quantitative estimate of drug-likeness (QED) is 0.606. The van der Waals surface area contributed by atoms with E-state index in [9.17, 15) is 9.59 Å². The smallest absolute Gasteiger partial charge is 0.227 e. The lowest BCUT2D eigenvalue weighted by molar-refractivity contribution is -0.125. The molecule has 0 saturated heterocycles. The molecule has 3 heteroatoms. The Morgan fingerprint density at radius 2 is 2.08 bits per heavy atom. The number of allylic oxidation sites excluding steroid dienone is 2. The van der Waals surface area contributed by atoms with Crippen LogP contribution in [-0.2, 0) is 9.59 Å². The largest absolute Gasteiger partial charge is 0.329 e. The van der Waals surface area contributed by atoms with Crippen molar-refractivity contribution in [3.05, 3.63) is 11.3 Å². The zero-order chi connectivity index (χ0) is 9.42. The Morgan fingerprint density at radius 3 is 2.85 bits per heavy atom. The first-order valence-corrected chi connectivity index (χ1v) is 4.74. The molecule has 0 aromatic rings. The van der Waals surface area contributed by atoms with Gasteiger partial charge in [0.05, 0.1) is 0 Å². The molecule has 1 aliphatic carbocycles. The molecule has 1 heterocycles. The van der Waals surface area contributed by atoms with Crippen LogP contribution >= 0.6 is 0 Å². The Bertz CT molecular complexity index is 304. The van der Waals surface area contributed by atoms with Crippen LogP contribution < -0.4 is 5.32 Å². The first-order valence-electron chi connectivity index (χ1n) is 4.74. The highest BCUT2D eigenvalue weighted by Crippen LogP contribution is 2.28. The van der Waals surface area contributed by atoms with Crippen LogP contribution in [0.5, 0.6) is 0 Å². The summed E-state index contributed by atoms with van der Waals surface area (Å²) in [6.07, 6.45) is 3.04. The molecule has 2 aliphatic rings. The van der Waals surface area contributed by atoms with E-state index in [-0.39, 0.29) is 17.6 Å². The Balaban J connectivity index is 2.31. The van der Waals surface area contributed by atoms with Crippen molar-refractivity contribution >= 4 is 11.7 Å². The van der Waals surface area contributed by atoms with Crippen LogP contribution in [0.25, 0.3) is 0 Å². The molecular weight excluding hydrogens is 166 g/mol. The fraction of sp³-hybridized carbons (Fsp3) is 0.600. The Hall–Kier alpha value is -1.12. The van der Waals surface area contributed by atoms with E-state index in [0.717, 1.165) is 24.1 Å². The Labute approximate surface area is 77.2 Å². The molecule has 0 aromatic carbocycles. The second-order valence-corrected chi connectivity index (χ2v) is 3.83. The van der Waals surface area contributed by atoms with Crippen molar-refractivity contribution in [2.45, 2.75) is 32.6 Å². The summed E-state index contributed by atoms with van der Waals surface area (Å²) in [4.78, 5) is 22.8. The highest BCUT2D eigenvalue weighted by Gasteiger charge is 2.29. The van der Waals surface area contributed by atoms with Crippen molar-refractivity contribution in [1.29, 1.82) is 0 Å². The van der Waals surface area contributed by atoms with Crippen LogP contribution in [-0.4, -0.2) is 11.7 Å². The summed E-state index contributed by atoms with van der Waals surface area (Å²) in [5.41, 5.74) is 1.76. The first-order chi connectivity index (χ1) is 6.18. The summed E-state index contributed by atoms with van der Waals surface area (Å²) in [5.74, 6) is 0.252. The van der Waals surface area contributed by atoms with Crippen LogP contribution in [0.3, 0.4) is 0 Å². The zero-order valence-electron chi connectivity index (χ0n) is 7.72. The number of amides is 1. The molecule has 1 amide bonds. The zero-order valence-corrected chi connectivity index (χ0v) is 7.72. The summed E-state index contributed by atoms with van der Waals surface area (Å²) in [7, 11) is 0. The van der Waals surface area contributed by atoms with E-state index >= 15 is 0 Å². The minimum absolute atomic E-state index is 0.0409. The van der Waals surface area contributed by atoms with E-state index in [0.29, 0.717) is 12.8 Å². The summed E-state index contributed by atoms with van der Waals surface area (Å²) < 4.78 is 0. The molecule has 0 radical (unpaired) electrons. The molecular formula is C10H13NO2. The van der Waals surface area contributed by atoms with Crippen LogP contribution in [0.2, 0.25) is 0 Å². The molecule has 0 aromatic heterocycles. The number of carbonyl (C=O) groups is 2. The summed E-state index contributed by atoms with van der Waals surface area (Å²) >= 11 is 0. The normalized spacial score (nSPS) is 28.5. The second kappa shape index (κ2) is 2.98. The minimum Gasteiger partial charge on any atom is -0.329 e. The van der Waals surface area contributed by atoms with Gasteiger partial charge in [-0.2, -0.15) is 0 Å². The number of Topliss-reactive ketones (excluding diaryl/α,β-unsaturated/α-hetero) is 1. The van der Waals surface area contributed by atoms with Gasteiger partial charge in [0.1, 0.15) is 0 Å². The third-order valence-electron chi connectivity index (χ3n) is 2.76. The molecule has 2 rings (SSSR count). The van der Waals surface area contributed by atoms with Crippen molar-refractivity contribution < 1.29 is 9.59 Å². The van der Waals surface area contributed by atoms with Crippen LogP contribution in [0.15, 0.2) is 11.3 Å². The average Bonchev–Trinajstić information content (AvgIpc) is 2.09. The van der Waals surface area contributed by atoms with Gasteiger partial charge in [0.15, 0.2) is 5.78 Å². The minimum atomic E-state index is -0.0409. The van der Waals surface area contributed by atoms with Gasteiger partial charge < -0.3 is 5.32 Å². The second-order valence-electron chi connectivity index (χ2n) is 3.83. The van der Waals surface area contributed by atoms with Crippen LogP contribution in [0.4, 0.5) is 0 Å². The molecule has 0 fully saturated rings. The number of rotatable bonds is 0. The van der Waals surface area contributed by atoms with E-state index in [1.807, 2.05) is 6.92 Å². The van der Waals surface area contributed by atoms with Crippen molar-refractivity contribution in [3.8, 4) is 0 Å². The lowest BCUT2D eigenvalue weighted by Crippen LogP contribution is -2.37. The van der Waals surface area contributed by atoms with Gasteiger partial charge >= 0.3 is 0 Å². The Morgan fingerprint density at radius 1 is 1.31 bits per heavy atom. The molecule has 70 valence electrons. The highest BCUT2D eigenvalue weighted by molar-refractivity contribution is 5.99. The molecule has 0 bridgehead atoms.